The molecule has 0 radical (unpaired) electrons. The molecule has 0 aromatic heterocycles. The van der Waals surface area contributed by atoms with Gasteiger partial charge in [0.15, 0.2) is 0 Å². The highest BCUT2D eigenvalue weighted by Crippen LogP contribution is 2.49. The van der Waals surface area contributed by atoms with Crippen molar-refractivity contribution in [2.45, 2.75) is 32.1 Å². The van der Waals surface area contributed by atoms with Crippen LogP contribution in [0, 0.1) is 10.8 Å². The minimum atomic E-state index is -0.211. The van der Waals surface area contributed by atoms with Crippen molar-refractivity contribution in [1.82, 2.24) is 5.32 Å². The molecule has 0 aliphatic heterocycles. The van der Waals surface area contributed by atoms with Crippen LogP contribution in [-0.4, -0.2) is 32.7 Å². The Hall–Kier alpha value is -0.610. The van der Waals surface area contributed by atoms with E-state index in [4.69, 9.17) is 10.5 Å². The molecule has 2 fully saturated rings. The molecule has 16 heavy (non-hydrogen) atoms. The Bertz CT molecular complexity index is 270. The smallest absolute Gasteiger partial charge is 0.227 e. The van der Waals surface area contributed by atoms with Gasteiger partial charge in [0.1, 0.15) is 0 Å². The molecule has 0 aromatic carbocycles. The molecular formula is C12H22N2O2. The first kappa shape index (κ1) is 11.9. The molecule has 4 nitrogen and oxygen atoms in total. The van der Waals surface area contributed by atoms with E-state index in [1.807, 2.05) is 0 Å². The maximum absolute atomic E-state index is 11.9. The maximum atomic E-state index is 11.9. The fourth-order valence-electron chi connectivity index (χ4n) is 2.14. The number of ether oxygens (including phenoxy) is 1. The fraction of sp³-hybridized carbons (Fsp3) is 0.917. The Morgan fingerprint density at radius 3 is 2.50 bits per heavy atom. The summed E-state index contributed by atoms with van der Waals surface area (Å²) in [7, 11) is 1.72. The molecule has 2 saturated carbocycles. The summed E-state index contributed by atoms with van der Waals surface area (Å²) in [6.07, 6.45) is 5.40. The third-order valence-electron chi connectivity index (χ3n) is 4.14. The SMILES string of the molecule is COCCC1(CNC(=O)C2(CN)CC2)CC1. The number of hydrogen-bond acceptors (Lipinski definition) is 3. The van der Waals surface area contributed by atoms with E-state index in [0.29, 0.717) is 12.0 Å². The summed E-state index contributed by atoms with van der Waals surface area (Å²) in [6.45, 7) is 2.08. The van der Waals surface area contributed by atoms with Crippen molar-refractivity contribution in [3.8, 4) is 0 Å². The average Bonchev–Trinajstić information content (AvgIpc) is 3.19. The molecule has 0 bridgehead atoms. The summed E-state index contributed by atoms with van der Waals surface area (Å²) in [5.74, 6) is 0.165. The minimum Gasteiger partial charge on any atom is -0.385 e. The molecule has 2 rings (SSSR count). The first-order valence-corrected chi connectivity index (χ1v) is 6.14. The highest BCUT2D eigenvalue weighted by atomic mass is 16.5. The Morgan fingerprint density at radius 2 is 2.06 bits per heavy atom. The quantitative estimate of drug-likeness (QED) is 0.670. The number of nitrogens with two attached hydrogens (primary N) is 1. The molecule has 0 spiro atoms. The molecule has 0 atom stereocenters. The molecule has 1 amide bonds. The average molecular weight is 226 g/mol. The van der Waals surface area contributed by atoms with Gasteiger partial charge >= 0.3 is 0 Å². The van der Waals surface area contributed by atoms with Gasteiger partial charge in [0.05, 0.1) is 5.41 Å². The molecule has 2 aliphatic carbocycles. The van der Waals surface area contributed by atoms with Gasteiger partial charge in [0, 0.05) is 26.8 Å². The number of carbonyl (C=O) groups excluding carboxylic acids is 1. The lowest BCUT2D eigenvalue weighted by Crippen LogP contribution is -2.39. The van der Waals surface area contributed by atoms with Crippen molar-refractivity contribution in [2.24, 2.45) is 16.6 Å². The van der Waals surface area contributed by atoms with Gasteiger partial charge in [-0.25, -0.2) is 0 Å². The standard InChI is InChI=1S/C12H22N2O2/c1-16-7-6-11(2-3-11)9-14-10(15)12(8-13)4-5-12/h2-9,13H2,1H3,(H,14,15). The molecule has 0 aromatic rings. The monoisotopic (exact) mass is 226 g/mol. The lowest BCUT2D eigenvalue weighted by atomic mass is 10.0. The van der Waals surface area contributed by atoms with Crippen molar-refractivity contribution in [3.63, 3.8) is 0 Å². The number of hydrogen-bond donors (Lipinski definition) is 2. The van der Waals surface area contributed by atoms with Crippen LogP contribution >= 0.6 is 0 Å². The van der Waals surface area contributed by atoms with Crippen LogP contribution in [0.1, 0.15) is 32.1 Å². The number of carbonyl (C=O) groups is 1. The molecule has 4 heteroatoms. The molecule has 2 aliphatic rings. The van der Waals surface area contributed by atoms with E-state index in [0.717, 1.165) is 32.4 Å². The summed E-state index contributed by atoms with van der Waals surface area (Å²) < 4.78 is 5.09. The van der Waals surface area contributed by atoms with Crippen molar-refractivity contribution < 1.29 is 9.53 Å². The minimum absolute atomic E-state index is 0.165. The Morgan fingerprint density at radius 1 is 1.38 bits per heavy atom. The first-order valence-electron chi connectivity index (χ1n) is 6.14. The van der Waals surface area contributed by atoms with Gasteiger partial charge in [-0.3, -0.25) is 4.79 Å². The molecule has 92 valence electrons. The first-order chi connectivity index (χ1) is 7.66. The summed E-state index contributed by atoms with van der Waals surface area (Å²) >= 11 is 0. The largest absolute Gasteiger partial charge is 0.385 e. The van der Waals surface area contributed by atoms with Crippen molar-refractivity contribution in [3.05, 3.63) is 0 Å². The fourth-order valence-corrected chi connectivity index (χ4v) is 2.14. The van der Waals surface area contributed by atoms with Crippen LogP contribution in [0.2, 0.25) is 0 Å². The van der Waals surface area contributed by atoms with Crippen LogP contribution in [-0.2, 0) is 9.53 Å². The highest BCUT2D eigenvalue weighted by molar-refractivity contribution is 5.85. The lowest BCUT2D eigenvalue weighted by molar-refractivity contribution is -0.126. The molecule has 0 unspecified atom stereocenters. The predicted octanol–water partition coefficient (Wildman–Crippen LogP) is 0.658. The lowest BCUT2D eigenvalue weighted by Gasteiger charge is -2.18. The van der Waals surface area contributed by atoms with E-state index in [1.54, 1.807) is 7.11 Å². The van der Waals surface area contributed by atoms with Gasteiger partial charge in [0.25, 0.3) is 0 Å². The number of amides is 1. The summed E-state index contributed by atoms with van der Waals surface area (Å²) in [5.41, 5.74) is 5.74. The Balaban J connectivity index is 1.73. The zero-order valence-corrected chi connectivity index (χ0v) is 10.1. The van der Waals surface area contributed by atoms with Gasteiger partial charge < -0.3 is 15.8 Å². The van der Waals surface area contributed by atoms with Gasteiger partial charge in [-0.1, -0.05) is 0 Å². The van der Waals surface area contributed by atoms with Gasteiger partial charge in [0.2, 0.25) is 5.91 Å². The zero-order valence-electron chi connectivity index (χ0n) is 10.1. The second kappa shape index (κ2) is 4.34. The van der Waals surface area contributed by atoms with Crippen molar-refractivity contribution >= 4 is 5.91 Å². The van der Waals surface area contributed by atoms with Crippen LogP contribution in [0.25, 0.3) is 0 Å². The van der Waals surface area contributed by atoms with Gasteiger partial charge in [-0.2, -0.15) is 0 Å². The van der Waals surface area contributed by atoms with E-state index in [-0.39, 0.29) is 11.3 Å². The highest BCUT2D eigenvalue weighted by Gasteiger charge is 2.50. The number of methoxy groups -OCH3 is 1. The number of rotatable bonds is 7. The zero-order chi connectivity index (χ0) is 11.6. The third kappa shape index (κ3) is 2.38. The van der Waals surface area contributed by atoms with E-state index in [1.165, 1.54) is 12.8 Å². The summed E-state index contributed by atoms with van der Waals surface area (Å²) in [5, 5.41) is 3.07. The normalized spacial score (nSPS) is 23.9. The maximum Gasteiger partial charge on any atom is 0.227 e. The van der Waals surface area contributed by atoms with E-state index < -0.39 is 0 Å². The van der Waals surface area contributed by atoms with Crippen molar-refractivity contribution in [2.75, 3.05) is 26.8 Å². The van der Waals surface area contributed by atoms with E-state index in [2.05, 4.69) is 5.32 Å². The molecule has 0 heterocycles. The van der Waals surface area contributed by atoms with Crippen LogP contribution in [0.15, 0.2) is 0 Å². The summed E-state index contributed by atoms with van der Waals surface area (Å²) in [6, 6.07) is 0. The molecular weight excluding hydrogens is 204 g/mol. The van der Waals surface area contributed by atoms with Crippen LogP contribution < -0.4 is 11.1 Å². The van der Waals surface area contributed by atoms with Crippen molar-refractivity contribution in [1.29, 1.82) is 0 Å². The Kier molecular flexibility index (Phi) is 3.22. The second-order valence-corrected chi connectivity index (χ2v) is 5.41. The second-order valence-electron chi connectivity index (χ2n) is 5.41. The van der Waals surface area contributed by atoms with Gasteiger partial charge in [-0.15, -0.1) is 0 Å². The molecule has 0 saturated heterocycles. The third-order valence-corrected chi connectivity index (χ3v) is 4.14. The van der Waals surface area contributed by atoms with E-state index >= 15 is 0 Å². The summed E-state index contributed by atoms with van der Waals surface area (Å²) in [4.78, 5) is 11.9. The topological polar surface area (TPSA) is 64.3 Å². The number of nitrogens with one attached hydrogen (secondary N) is 1. The van der Waals surface area contributed by atoms with Crippen LogP contribution in [0.5, 0.6) is 0 Å². The van der Waals surface area contributed by atoms with Crippen LogP contribution in [0.4, 0.5) is 0 Å². The molecule has 3 N–H and O–H groups in total. The van der Waals surface area contributed by atoms with Gasteiger partial charge in [-0.05, 0) is 37.5 Å². The Labute approximate surface area is 96.9 Å². The van der Waals surface area contributed by atoms with E-state index in [9.17, 15) is 4.79 Å². The predicted molar refractivity (Wildman–Crippen MR) is 61.9 cm³/mol. The van der Waals surface area contributed by atoms with Crippen LogP contribution in [0.3, 0.4) is 0 Å².